The number of carbonyl (C=O) groups is 1. The van der Waals surface area contributed by atoms with Gasteiger partial charge in [0.1, 0.15) is 5.69 Å². The van der Waals surface area contributed by atoms with Gasteiger partial charge in [-0.3, -0.25) is 4.79 Å². The van der Waals surface area contributed by atoms with Crippen molar-refractivity contribution in [3.05, 3.63) is 22.4 Å². The van der Waals surface area contributed by atoms with Gasteiger partial charge in [-0.25, -0.2) is 0 Å². The molecule has 0 saturated heterocycles. The molecule has 6 heteroatoms. The molecule has 2 rings (SSSR count). The standard InChI is InChI=1S/C13H20BrN3O2/c1-3-17-7-8(14)5-10(17)13(18)16-12-9(15)6-11(12)19-4-2/h5,7,9,11-12H,3-4,6,15H2,1-2H3,(H,16,18). The molecule has 5 nitrogen and oxygen atoms in total. The van der Waals surface area contributed by atoms with Crippen LogP contribution < -0.4 is 11.1 Å². The monoisotopic (exact) mass is 329 g/mol. The Bertz CT molecular complexity index is 459. The molecule has 3 N–H and O–H groups in total. The summed E-state index contributed by atoms with van der Waals surface area (Å²) in [6.45, 7) is 5.34. The van der Waals surface area contributed by atoms with Crippen LogP contribution in [0.25, 0.3) is 0 Å². The maximum Gasteiger partial charge on any atom is 0.268 e. The van der Waals surface area contributed by atoms with Gasteiger partial charge in [0.05, 0.1) is 12.1 Å². The third-order valence-electron chi connectivity index (χ3n) is 3.48. The van der Waals surface area contributed by atoms with Gasteiger partial charge in [0.15, 0.2) is 0 Å². The molecule has 3 unspecified atom stereocenters. The van der Waals surface area contributed by atoms with Gasteiger partial charge in [0, 0.05) is 29.9 Å². The second-order valence-electron chi connectivity index (χ2n) is 4.72. The zero-order valence-electron chi connectivity index (χ0n) is 11.2. The topological polar surface area (TPSA) is 69.3 Å². The molecule has 1 fully saturated rings. The van der Waals surface area contributed by atoms with Crippen LogP contribution in [0.1, 0.15) is 30.8 Å². The van der Waals surface area contributed by atoms with Crippen LogP contribution in [0.5, 0.6) is 0 Å². The highest BCUT2D eigenvalue weighted by Crippen LogP contribution is 2.23. The molecule has 19 heavy (non-hydrogen) atoms. The first-order valence-electron chi connectivity index (χ1n) is 6.60. The number of amides is 1. The summed E-state index contributed by atoms with van der Waals surface area (Å²) in [4.78, 5) is 12.3. The third kappa shape index (κ3) is 3.01. The zero-order chi connectivity index (χ0) is 14.0. The number of aromatic nitrogens is 1. The second-order valence-corrected chi connectivity index (χ2v) is 5.64. The minimum Gasteiger partial charge on any atom is -0.376 e. The quantitative estimate of drug-likeness (QED) is 0.860. The highest BCUT2D eigenvalue weighted by atomic mass is 79.9. The van der Waals surface area contributed by atoms with E-state index in [2.05, 4.69) is 21.2 Å². The van der Waals surface area contributed by atoms with Gasteiger partial charge >= 0.3 is 0 Å². The molecular formula is C13H20BrN3O2. The Hall–Kier alpha value is -0.850. The van der Waals surface area contributed by atoms with Crippen molar-refractivity contribution in [3.8, 4) is 0 Å². The zero-order valence-corrected chi connectivity index (χ0v) is 12.8. The predicted molar refractivity (Wildman–Crippen MR) is 77.1 cm³/mol. The van der Waals surface area contributed by atoms with E-state index in [-0.39, 0.29) is 24.1 Å². The largest absolute Gasteiger partial charge is 0.376 e. The van der Waals surface area contributed by atoms with E-state index in [1.165, 1.54) is 0 Å². The number of nitrogens with two attached hydrogens (primary N) is 1. The number of hydrogen-bond acceptors (Lipinski definition) is 3. The van der Waals surface area contributed by atoms with Crippen molar-refractivity contribution < 1.29 is 9.53 Å². The average Bonchev–Trinajstić information content (AvgIpc) is 2.77. The lowest BCUT2D eigenvalue weighted by atomic mass is 9.83. The summed E-state index contributed by atoms with van der Waals surface area (Å²) in [5.74, 6) is -0.0996. The molecular weight excluding hydrogens is 310 g/mol. The average molecular weight is 330 g/mol. The molecule has 106 valence electrons. The number of hydrogen-bond donors (Lipinski definition) is 2. The van der Waals surface area contributed by atoms with E-state index < -0.39 is 0 Å². The number of nitrogens with zero attached hydrogens (tertiary/aromatic N) is 1. The van der Waals surface area contributed by atoms with Crippen LogP contribution in [0.15, 0.2) is 16.7 Å². The minimum absolute atomic E-state index is 0.0195. The van der Waals surface area contributed by atoms with Gasteiger partial charge in [-0.05, 0) is 42.3 Å². The van der Waals surface area contributed by atoms with E-state index >= 15 is 0 Å². The highest BCUT2D eigenvalue weighted by molar-refractivity contribution is 9.10. The number of halogens is 1. The number of carbonyl (C=O) groups excluding carboxylic acids is 1. The van der Waals surface area contributed by atoms with Crippen LogP contribution in [0.3, 0.4) is 0 Å². The van der Waals surface area contributed by atoms with Crippen LogP contribution in [-0.4, -0.2) is 35.3 Å². The maximum absolute atomic E-state index is 12.3. The van der Waals surface area contributed by atoms with Crippen LogP contribution in [0, 0.1) is 0 Å². The molecule has 0 aliphatic heterocycles. The van der Waals surface area contributed by atoms with Crippen molar-refractivity contribution in [2.45, 2.75) is 45.0 Å². The smallest absolute Gasteiger partial charge is 0.268 e. The summed E-state index contributed by atoms with van der Waals surface area (Å²) in [7, 11) is 0. The predicted octanol–water partition coefficient (Wildman–Crippen LogP) is 1.50. The molecule has 1 heterocycles. The van der Waals surface area contributed by atoms with Crippen molar-refractivity contribution in [1.29, 1.82) is 0 Å². The van der Waals surface area contributed by atoms with Gasteiger partial charge < -0.3 is 20.4 Å². The summed E-state index contributed by atoms with van der Waals surface area (Å²) in [6.07, 6.45) is 2.74. The van der Waals surface area contributed by atoms with E-state index in [9.17, 15) is 4.79 Å². The Kier molecular flexibility index (Phi) is 4.65. The molecule has 1 aromatic heterocycles. The Balaban J connectivity index is 2.04. The molecule has 1 aliphatic rings. The fourth-order valence-electron chi connectivity index (χ4n) is 2.38. The summed E-state index contributed by atoms with van der Waals surface area (Å²) < 4.78 is 8.35. The summed E-state index contributed by atoms with van der Waals surface area (Å²) in [5, 5.41) is 2.97. The minimum atomic E-state index is -0.0996. The van der Waals surface area contributed by atoms with E-state index in [1.54, 1.807) is 0 Å². The second kappa shape index (κ2) is 6.07. The van der Waals surface area contributed by atoms with Gasteiger partial charge in [-0.2, -0.15) is 0 Å². The molecule has 1 amide bonds. The summed E-state index contributed by atoms with van der Waals surface area (Å²) in [6, 6.07) is 1.71. The molecule has 0 bridgehead atoms. The molecule has 0 aromatic carbocycles. The van der Waals surface area contributed by atoms with Gasteiger partial charge in [0.2, 0.25) is 0 Å². The van der Waals surface area contributed by atoms with Gasteiger partial charge in [-0.1, -0.05) is 0 Å². The van der Waals surface area contributed by atoms with Crippen LogP contribution >= 0.6 is 15.9 Å². The first kappa shape index (κ1) is 14.6. The Morgan fingerprint density at radius 1 is 1.63 bits per heavy atom. The lowest BCUT2D eigenvalue weighted by Gasteiger charge is -2.42. The van der Waals surface area contributed by atoms with Crippen LogP contribution in [0.2, 0.25) is 0 Å². The lowest BCUT2D eigenvalue weighted by Crippen LogP contribution is -2.64. The number of rotatable bonds is 5. The Morgan fingerprint density at radius 2 is 2.37 bits per heavy atom. The van der Waals surface area contributed by atoms with E-state index in [0.717, 1.165) is 17.4 Å². The molecule has 1 aliphatic carbocycles. The third-order valence-corrected chi connectivity index (χ3v) is 3.91. The molecule has 0 radical (unpaired) electrons. The van der Waals surface area contributed by atoms with Crippen molar-refractivity contribution in [3.63, 3.8) is 0 Å². The first-order chi connectivity index (χ1) is 9.06. The number of ether oxygens (including phenoxy) is 1. The van der Waals surface area contributed by atoms with E-state index in [4.69, 9.17) is 10.5 Å². The fraction of sp³-hybridized carbons (Fsp3) is 0.615. The molecule has 1 aromatic rings. The van der Waals surface area contributed by atoms with Crippen LogP contribution in [0.4, 0.5) is 0 Å². The summed E-state index contributed by atoms with van der Waals surface area (Å²) in [5.41, 5.74) is 6.58. The van der Waals surface area contributed by atoms with Crippen molar-refractivity contribution >= 4 is 21.8 Å². The number of aryl methyl sites for hydroxylation is 1. The van der Waals surface area contributed by atoms with Crippen molar-refractivity contribution in [1.82, 2.24) is 9.88 Å². The molecule has 0 spiro atoms. The van der Waals surface area contributed by atoms with Gasteiger partial charge in [-0.15, -0.1) is 0 Å². The van der Waals surface area contributed by atoms with Gasteiger partial charge in [0.25, 0.3) is 5.91 Å². The highest BCUT2D eigenvalue weighted by Gasteiger charge is 2.40. The van der Waals surface area contributed by atoms with Crippen LogP contribution in [-0.2, 0) is 11.3 Å². The molecule has 1 saturated carbocycles. The maximum atomic E-state index is 12.3. The van der Waals surface area contributed by atoms with Crippen molar-refractivity contribution in [2.75, 3.05) is 6.61 Å². The SMILES string of the molecule is CCOC1CC(N)C1NC(=O)c1cc(Br)cn1CC. The Morgan fingerprint density at radius 3 is 2.95 bits per heavy atom. The van der Waals surface area contributed by atoms with E-state index in [1.807, 2.05) is 30.7 Å². The van der Waals surface area contributed by atoms with Crippen molar-refractivity contribution in [2.24, 2.45) is 5.73 Å². The van der Waals surface area contributed by atoms with E-state index in [0.29, 0.717) is 12.3 Å². The number of nitrogens with one attached hydrogen (secondary N) is 1. The summed E-state index contributed by atoms with van der Waals surface area (Å²) >= 11 is 3.39. The molecule has 3 atom stereocenters. The lowest BCUT2D eigenvalue weighted by molar-refractivity contribution is -0.0301. The Labute approximate surface area is 121 Å². The first-order valence-corrected chi connectivity index (χ1v) is 7.39. The normalized spacial score (nSPS) is 26.0. The fourth-order valence-corrected chi connectivity index (χ4v) is 2.84.